The summed E-state index contributed by atoms with van der Waals surface area (Å²) in [5.74, 6) is 1.69. The van der Waals surface area contributed by atoms with Gasteiger partial charge in [0.05, 0.1) is 6.61 Å². The summed E-state index contributed by atoms with van der Waals surface area (Å²) in [5, 5.41) is 0. The molecule has 0 radical (unpaired) electrons. The third-order valence-corrected chi connectivity index (χ3v) is 3.89. The summed E-state index contributed by atoms with van der Waals surface area (Å²) in [6.07, 6.45) is 1.20. The molecule has 2 unspecified atom stereocenters. The number of hydrogen-bond acceptors (Lipinski definition) is 3. The van der Waals surface area contributed by atoms with Crippen LogP contribution in [0.1, 0.15) is 58.2 Å². The molecule has 0 amide bonds. The van der Waals surface area contributed by atoms with Gasteiger partial charge in [0.1, 0.15) is 5.75 Å². The Bertz CT molecular complexity index is 429. The topological polar surface area (TPSA) is 38.5 Å². The lowest BCUT2D eigenvalue weighted by Crippen LogP contribution is -2.30. The molecule has 0 bridgehead atoms. The minimum atomic E-state index is 0.0535. The number of nitrogens with two attached hydrogens (primary N) is 1. The Hall–Kier alpha value is -1.06. The highest BCUT2D eigenvalue weighted by atomic mass is 16.5. The minimum Gasteiger partial charge on any atom is -0.494 e. The monoisotopic (exact) mass is 292 g/mol. The van der Waals surface area contributed by atoms with Crippen molar-refractivity contribution in [1.82, 2.24) is 4.90 Å². The van der Waals surface area contributed by atoms with Crippen molar-refractivity contribution in [1.29, 1.82) is 0 Å². The van der Waals surface area contributed by atoms with Crippen LogP contribution in [-0.2, 0) is 6.54 Å². The zero-order valence-electron chi connectivity index (χ0n) is 14.5. The van der Waals surface area contributed by atoms with Gasteiger partial charge in [-0.05, 0) is 57.9 Å². The van der Waals surface area contributed by atoms with Crippen molar-refractivity contribution in [3.05, 3.63) is 29.3 Å². The number of ether oxygens (including phenoxy) is 1. The standard InChI is InChI=1S/C18H32N2O/c1-7-21-18-9-8-16(15(5)19)11-17(18)12-20(6)14(4)10-13(2)3/h8-9,11,13-15H,7,10,12,19H2,1-6H3. The first-order chi connectivity index (χ1) is 9.85. The average molecular weight is 292 g/mol. The van der Waals surface area contributed by atoms with E-state index in [1.807, 2.05) is 13.8 Å². The lowest BCUT2D eigenvalue weighted by atomic mass is 10.0. The molecule has 0 saturated carbocycles. The molecule has 3 nitrogen and oxygen atoms in total. The van der Waals surface area contributed by atoms with E-state index in [4.69, 9.17) is 10.5 Å². The first kappa shape index (κ1) is 18.0. The highest BCUT2D eigenvalue weighted by Gasteiger charge is 2.15. The van der Waals surface area contributed by atoms with E-state index in [2.05, 4.69) is 50.9 Å². The van der Waals surface area contributed by atoms with Gasteiger partial charge in [-0.25, -0.2) is 0 Å². The van der Waals surface area contributed by atoms with Crippen LogP contribution in [0.2, 0.25) is 0 Å². The maximum Gasteiger partial charge on any atom is 0.123 e. The zero-order valence-corrected chi connectivity index (χ0v) is 14.5. The molecule has 0 fully saturated rings. The molecule has 120 valence electrons. The smallest absolute Gasteiger partial charge is 0.123 e. The number of hydrogen-bond donors (Lipinski definition) is 1. The Morgan fingerprint density at radius 2 is 1.86 bits per heavy atom. The maximum absolute atomic E-state index is 6.01. The van der Waals surface area contributed by atoms with Gasteiger partial charge < -0.3 is 10.5 Å². The number of nitrogens with zero attached hydrogens (tertiary/aromatic N) is 1. The van der Waals surface area contributed by atoms with E-state index in [9.17, 15) is 0 Å². The lowest BCUT2D eigenvalue weighted by Gasteiger charge is -2.27. The van der Waals surface area contributed by atoms with E-state index in [0.717, 1.165) is 12.3 Å². The Labute approximate surface area is 130 Å². The van der Waals surface area contributed by atoms with Crippen LogP contribution >= 0.6 is 0 Å². The van der Waals surface area contributed by atoms with Gasteiger partial charge in [-0.15, -0.1) is 0 Å². The minimum absolute atomic E-state index is 0.0535. The van der Waals surface area contributed by atoms with Crippen LogP contribution in [0.3, 0.4) is 0 Å². The van der Waals surface area contributed by atoms with E-state index in [0.29, 0.717) is 18.6 Å². The van der Waals surface area contributed by atoms with Crippen LogP contribution in [0.4, 0.5) is 0 Å². The molecular formula is C18H32N2O. The normalized spacial score (nSPS) is 14.5. The molecule has 0 spiro atoms. The Morgan fingerprint density at radius 3 is 2.38 bits per heavy atom. The third kappa shape index (κ3) is 5.68. The molecule has 0 aromatic heterocycles. The molecule has 0 saturated heterocycles. The second-order valence-electron chi connectivity index (χ2n) is 6.48. The van der Waals surface area contributed by atoms with Crippen molar-refractivity contribution >= 4 is 0 Å². The molecule has 21 heavy (non-hydrogen) atoms. The maximum atomic E-state index is 6.01. The molecule has 0 aliphatic heterocycles. The summed E-state index contributed by atoms with van der Waals surface area (Å²) in [4.78, 5) is 2.39. The summed E-state index contributed by atoms with van der Waals surface area (Å²) in [5.41, 5.74) is 8.40. The van der Waals surface area contributed by atoms with Gasteiger partial charge >= 0.3 is 0 Å². The van der Waals surface area contributed by atoms with Crippen LogP contribution < -0.4 is 10.5 Å². The van der Waals surface area contributed by atoms with E-state index in [1.54, 1.807) is 0 Å². The highest BCUT2D eigenvalue weighted by molar-refractivity contribution is 5.38. The molecule has 3 heteroatoms. The van der Waals surface area contributed by atoms with Gasteiger partial charge in [-0.1, -0.05) is 19.9 Å². The van der Waals surface area contributed by atoms with Crippen molar-refractivity contribution in [2.24, 2.45) is 11.7 Å². The summed E-state index contributed by atoms with van der Waals surface area (Å²) >= 11 is 0. The van der Waals surface area contributed by atoms with Crippen molar-refractivity contribution < 1.29 is 4.74 Å². The largest absolute Gasteiger partial charge is 0.494 e. The molecule has 2 atom stereocenters. The van der Waals surface area contributed by atoms with Crippen LogP contribution in [-0.4, -0.2) is 24.6 Å². The van der Waals surface area contributed by atoms with Gasteiger partial charge in [-0.2, -0.15) is 0 Å². The van der Waals surface area contributed by atoms with Gasteiger partial charge in [0.15, 0.2) is 0 Å². The van der Waals surface area contributed by atoms with Gasteiger partial charge in [0.25, 0.3) is 0 Å². The van der Waals surface area contributed by atoms with Crippen LogP contribution in [0.15, 0.2) is 18.2 Å². The van der Waals surface area contributed by atoms with Crippen molar-refractivity contribution in [2.75, 3.05) is 13.7 Å². The predicted molar refractivity (Wildman–Crippen MR) is 90.6 cm³/mol. The van der Waals surface area contributed by atoms with E-state index in [1.165, 1.54) is 17.5 Å². The molecular weight excluding hydrogens is 260 g/mol. The van der Waals surface area contributed by atoms with Crippen LogP contribution in [0.5, 0.6) is 5.75 Å². The first-order valence-corrected chi connectivity index (χ1v) is 8.06. The van der Waals surface area contributed by atoms with E-state index >= 15 is 0 Å². The van der Waals surface area contributed by atoms with E-state index in [-0.39, 0.29) is 6.04 Å². The molecule has 1 aromatic rings. The third-order valence-electron chi connectivity index (χ3n) is 3.89. The SMILES string of the molecule is CCOc1ccc(C(C)N)cc1CN(C)C(C)CC(C)C. The fourth-order valence-corrected chi connectivity index (χ4v) is 2.59. The quantitative estimate of drug-likeness (QED) is 0.788. The Morgan fingerprint density at radius 1 is 1.19 bits per heavy atom. The van der Waals surface area contributed by atoms with Crippen molar-refractivity contribution in [3.8, 4) is 5.75 Å². The number of benzene rings is 1. The van der Waals surface area contributed by atoms with Crippen LogP contribution in [0.25, 0.3) is 0 Å². The molecule has 1 aromatic carbocycles. The summed E-state index contributed by atoms with van der Waals surface area (Å²) in [7, 11) is 2.18. The van der Waals surface area contributed by atoms with Crippen molar-refractivity contribution in [3.63, 3.8) is 0 Å². The molecule has 2 N–H and O–H groups in total. The molecule has 0 aliphatic carbocycles. The van der Waals surface area contributed by atoms with Crippen molar-refractivity contribution in [2.45, 2.75) is 59.7 Å². The zero-order chi connectivity index (χ0) is 16.0. The fourth-order valence-electron chi connectivity index (χ4n) is 2.59. The predicted octanol–water partition coefficient (Wildman–Crippen LogP) is 3.97. The van der Waals surface area contributed by atoms with Gasteiger partial charge in [0, 0.05) is 24.2 Å². The Balaban J connectivity index is 2.90. The summed E-state index contributed by atoms with van der Waals surface area (Å²) in [6, 6.07) is 6.92. The van der Waals surface area contributed by atoms with Gasteiger partial charge in [-0.3, -0.25) is 4.90 Å². The average Bonchev–Trinajstić information content (AvgIpc) is 2.39. The second-order valence-corrected chi connectivity index (χ2v) is 6.48. The summed E-state index contributed by atoms with van der Waals surface area (Å²) in [6.45, 7) is 12.5. The second kappa shape index (κ2) is 8.40. The van der Waals surface area contributed by atoms with Crippen LogP contribution in [0, 0.1) is 5.92 Å². The van der Waals surface area contributed by atoms with E-state index < -0.39 is 0 Å². The highest BCUT2D eigenvalue weighted by Crippen LogP contribution is 2.25. The molecule has 0 heterocycles. The number of rotatable bonds is 8. The Kier molecular flexibility index (Phi) is 7.20. The molecule has 1 rings (SSSR count). The first-order valence-electron chi connectivity index (χ1n) is 8.06. The molecule has 0 aliphatic rings. The lowest BCUT2D eigenvalue weighted by molar-refractivity contribution is 0.216. The van der Waals surface area contributed by atoms with Gasteiger partial charge in [0.2, 0.25) is 0 Å². The fraction of sp³-hybridized carbons (Fsp3) is 0.667. The summed E-state index contributed by atoms with van der Waals surface area (Å²) < 4.78 is 5.77.